The van der Waals surface area contributed by atoms with Gasteiger partial charge in [-0.05, 0) is 67.9 Å². The molecule has 5 nitrogen and oxygen atoms in total. The van der Waals surface area contributed by atoms with Crippen LogP contribution in [-0.2, 0) is 11.2 Å². The second kappa shape index (κ2) is 10.9. The number of likely N-dealkylation sites (tertiary alicyclic amines) is 1. The maximum absolute atomic E-state index is 12.8. The van der Waals surface area contributed by atoms with E-state index in [9.17, 15) is 4.79 Å². The van der Waals surface area contributed by atoms with Gasteiger partial charge in [0.1, 0.15) is 5.65 Å². The van der Waals surface area contributed by atoms with Crippen molar-refractivity contribution in [3.05, 3.63) is 57.4 Å². The van der Waals surface area contributed by atoms with Gasteiger partial charge in [-0.25, -0.2) is 4.98 Å². The zero-order chi connectivity index (χ0) is 19.6. The number of carbonyl (C=O) groups excluding carboxylic acids is 1. The second-order valence-corrected chi connectivity index (χ2v) is 9.77. The van der Waals surface area contributed by atoms with E-state index in [1.54, 1.807) is 0 Å². The van der Waals surface area contributed by atoms with Gasteiger partial charge in [0.2, 0.25) is 0 Å². The lowest BCUT2D eigenvalue weighted by molar-refractivity contribution is -0.117. The third-order valence-corrected chi connectivity index (χ3v) is 7.74. The van der Waals surface area contributed by atoms with Crippen molar-refractivity contribution in [2.24, 2.45) is 5.92 Å². The second-order valence-electron chi connectivity index (χ2n) is 7.68. The molecule has 2 aliphatic rings. The molecule has 1 fully saturated rings. The third kappa shape index (κ3) is 5.46. The Morgan fingerprint density at radius 2 is 2.00 bits per heavy atom. The first-order valence-electron chi connectivity index (χ1n) is 10.2. The molecule has 0 aromatic carbocycles. The number of carbonyl (C=O) groups is 1. The molecular formula is C22H26Cl2N4OS2. The molecule has 0 bridgehead atoms. The van der Waals surface area contributed by atoms with Crippen LogP contribution in [0.1, 0.15) is 23.4 Å². The molecule has 0 aliphatic carbocycles. The zero-order valence-electron chi connectivity index (χ0n) is 17.0. The average molecular weight is 498 g/mol. The minimum Gasteiger partial charge on any atom is -0.351 e. The number of halogens is 2. The Morgan fingerprint density at radius 1 is 1.16 bits per heavy atom. The number of hydrogen-bond donors (Lipinski definition) is 1. The van der Waals surface area contributed by atoms with E-state index in [0.717, 1.165) is 66.7 Å². The van der Waals surface area contributed by atoms with Gasteiger partial charge in [0, 0.05) is 18.0 Å². The zero-order valence-corrected chi connectivity index (χ0v) is 20.3. The van der Waals surface area contributed by atoms with Crippen molar-refractivity contribution in [1.29, 1.82) is 0 Å². The van der Waals surface area contributed by atoms with Crippen LogP contribution in [0.2, 0.25) is 0 Å². The number of rotatable bonds is 6. The van der Waals surface area contributed by atoms with Gasteiger partial charge in [0.25, 0.3) is 5.91 Å². The van der Waals surface area contributed by atoms with E-state index >= 15 is 0 Å². The van der Waals surface area contributed by atoms with Crippen LogP contribution in [0.3, 0.4) is 0 Å². The molecular weight excluding hydrogens is 471 g/mol. The summed E-state index contributed by atoms with van der Waals surface area (Å²) in [6, 6.07) is 10.4. The van der Waals surface area contributed by atoms with Crippen LogP contribution in [0.4, 0.5) is 0 Å². The molecule has 3 aromatic rings. The Morgan fingerprint density at radius 3 is 2.77 bits per heavy atom. The maximum atomic E-state index is 12.8. The Balaban J connectivity index is 0.00000136. The Hall–Kier alpha value is -1.51. The molecule has 31 heavy (non-hydrogen) atoms. The van der Waals surface area contributed by atoms with Crippen LogP contribution in [0.5, 0.6) is 0 Å². The number of nitrogens with one attached hydrogen (secondary N) is 1. The summed E-state index contributed by atoms with van der Waals surface area (Å²) in [4.78, 5) is 21.9. The molecule has 3 aromatic heterocycles. The van der Waals surface area contributed by atoms with Crippen molar-refractivity contribution in [2.75, 3.05) is 26.2 Å². The Bertz CT molecular complexity index is 1040. The van der Waals surface area contributed by atoms with E-state index in [4.69, 9.17) is 0 Å². The van der Waals surface area contributed by atoms with E-state index in [1.165, 1.54) is 16.6 Å². The van der Waals surface area contributed by atoms with Crippen molar-refractivity contribution >= 4 is 65.5 Å². The van der Waals surface area contributed by atoms with Crippen molar-refractivity contribution in [3.8, 4) is 0 Å². The predicted octanol–water partition coefficient (Wildman–Crippen LogP) is 4.76. The monoisotopic (exact) mass is 496 g/mol. The van der Waals surface area contributed by atoms with Crippen molar-refractivity contribution in [2.45, 2.75) is 24.3 Å². The molecule has 5 rings (SSSR count). The van der Waals surface area contributed by atoms with Gasteiger partial charge >= 0.3 is 0 Å². The summed E-state index contributed by atoms with van der Waals surface area (Å²) >= 11 is 3.36. The van der Waals surface area contributed by atoms with Gasteiger partial charge in [0.15, 0.2) is 0 Å². The lowest BCUT2D eigenvalue weighted by Gasteiger charge is -2.32. The molecule has 0 radical (unpaired) electrons. The quantitative estimate of drug-likeness (QED) is 0.534. The number of amides is 1. The summed E-state index contributed by atoms with van der Waals surface area (Å²) < 4.78 is 2.09. The van der Waals surface area contributed by atoms with Crippen LogP contribution in [-0.4, -0.2) is 46.4 Å². The van der Waals surface area contributed by atoms with E-state index in [0.29, 0.717) is 5.92 Å². The molecule has 1 saturated heterocycles. The van der Waals surface area contributed by atoms with Crippen LogP contribution in [0, 0.1) is 5.92 Å². The minimum atomic E-state index is 0. The van der Waals surface area contributed by atoms with Crippen molar-refractivity contribution < 1.29 is 4.79 Å². The molecule has 166 valence electrons. The van der Waals surface area contributed by atoms with Gasteiger partial charge in [-0.2, -0.15) is 0 Å². The summed E-state index contributed by atoms with van der Waals surface area (Å²) in [5, 5.41) is 6.37. The number of hydrogen-bond acceptors (Lipinski definition) is 5. The Kier molecular flexibility index (Phi) is 8.47. The highest BCUT2D eigenvalue weighted by molar-refractivity contribution is 8.04. The average Bonchev–Trinajstić information content (AvgIpc) is 3.42. The SMILES string of the molecule is Cl.Cl.O=C(NCC1CCN(CCc2cccs2)CC1)C1=Cc2cnc3cccc(n23)S1. The smallest absolute Gasteiger partial charge is 0.258 e. The summed E-state index contributed by atoms with van der Waals surface area (Å²) in [5.41, 5.74) is 1.89. The fourth-order valence-corrected chi connectivity index (χ4v) is 5.76. The molecule has 2 aliphatic heterocycles. The third-order valence-electron chi connectivity index (χ3n) is 5.75. The lowest BCUT2D eigenvalue weighted by Crippen LogP contribution is -2.39. The molecule has 9 heteroatoms. The van der Waals surface area contributed by atoms with E-state index in [-0.39, 0.29) is 30.7 Å². The number of aromatic nitrogens is 2. The summed E-state index contributed by atoms with van der Waals surface area (Å²) in [7, 11) is 0. The highest BCUT2D eigenvalue weighted by atomic mass is 35.5. The first-order chi connectivity index (χ1) is 14.3. The molecule has 1 N–H and O–H groups in total. The van der Waals surface area contributed by atoms with Gasteiger partial charge in [-0.1, -0.05) is 23.9 Å². The first-order valence-corrected chi connectivity index (χ1v) is 11.8. The summed E-state index contributed by atoms with van der Waals surface area (Å²) in [6.45, 7) is 4.16. The largest absolute Gasteiger partial charge is 0.351 e. The van der Waals surface area contributed by atoms with Gasteiger partial charge < -0.3 is 10.2 Å². The van der Waals surface area contributed by atoms with Crippen molar-refractivity contribution in [1.82, 2.24) is 19.6 Å². The number of pyridine rings is 1. The Labute approximate surface area is 203 Å². The number of piperidine rings is 1. The van der Waals surface area contributed by atoms with E-state index in [1.807, 2.05) is 41.8 Å². The number of nitrogens with zero attached hydrogens (tertiary/aromatic N) is 3. The topological polar surface area (TPSA) is 49.6 Å². The normalized spacial score (nSPS) is 16.3. The number of thiophene rings is 1. The van der Waals surface area contributed by atoms with E-state index < -0.39 is 0 Å². The molecule has 0 saturated carbocycles. The minimum absolute atomic E-state index is 0. The number of thioether (sulfide) groups is 1. The fraction of sp³-hybridized carbons (Fsp3) is 0.364. The maximum Gasteiger partial charge on any atom is 0.258 e. The molecule has 0 atom stereocenters. The lowest BCUT2D eigenvalue weighted by atomic mass is 9.96. The van der Waals surface area contributed by atoms with Crippen LogP contribution < -0.4 is 5.32 Å². The predicted molar refractivity (Wildman–Crippen MR) is 134 cm³/mol. The number of imidazole rings is 1. The van der Waals surface area contributed by atoms with Gasteiger partial charge in [-0.15, -0.1) is 36.2 Å². The molecule has 1 amide bonds. The highest BCUT2D eigenvalue weighted by Crippen LogP contribution is 2.34. The van der Waals surface area contributed by atoms with Crippen LogP contribution in [0.15, 0.2) is 51.8 Å². The van der Waals surface area contributed by atoms with Crippen LogP contribution in [0.25, 0.3) is 11.7 Å². The first kappa shape index (κ1) is 24.1. The summed E-state index contributed by atoms with van der Waals surface area (Å²) in [5.74, 6) is 0.597. The van der Waals surface area contributed by atoms with Gasteiger partial charge in [-0.3, -0.25) is 9.20 Å². The molecule has 0 unspecified atom stereocenters. The standard InChI is InChI=1S/C22H24N4OS2.2ClH/c27-22(19-13-17-15-23-20-4-1-5-21(29-19)26(17)20)24-14-16-6-9-25(10-7-16)11-8-18-3-2-12-28-18;;/h1-5,12-13,15-16H,6-11,14H2,(H,24,27);2*1H. The highest BCUT2D eigenvalue weighted by Gasteiger charge is 2.23. The van der Waals surface area contributed by atoms with E-state index in [2.05, 4.69) is 37.1 Å². The van der Waals surface area contributed by atoms with Gasteiger partial charge in [0.05, 0.1) is 21.8 Å². The van der Waals surface area contributed by atoms with Crippen LogP contribution >= 0.6 is 47.9 Å². The molecule has 5 heterocycles. The van der Waals surface area contributed by atoms with Crippen molar-refractivity contribution in [3.63, 3.8) is 0 Å². The fourth-order valence-electron chi connectivity index (χ4n) is 4.06. The summed E-state index contributed by atoms with van der Waals surface area (Å²) in [6.07, 6.45) is 7.23. The molecule has 0 spiro atoms.